The minimum atomic E-state index is -0.507. The van der Waals surface area contributed by atoms with Gasteiger partial charge in [0.05, 0.1) is 29.3 Å². The van der Waals surface area contributed by atoms with Crippen molar-refractivity contribution in [1.82, 2.24) is 0 Å². The lowest BCUT2D eigenvalue weighted by molar-refractivity contribution is 0.0433. The number of hydrogen-bond donors (Lipinski definition) is 1. The minimum Gasteiger partial charge on any atom is -0.440 e. The van der Waals surface area contributed by atoms with E-state index in [9.17, 15) is 10.1 Å². The minimum absolute atomic E-state index is 0.0801. The largest absolute Gasteiger partial charge is 0.440 e. The molecule has 1 saturated heterocycles. The summed E-state index contributed by atoms with van der Waals surface area (Å²) in [5, 5.41) is 9.56. The quantitative estimate of drug-likeness (QED) is 0.849. The van der Waals surface area contributed by atoms with Gasteiger partial charge in [-0.2, -0.15) is 5.26 Å². The molecule has 0 amide bonds. The molecule has 1 aromatic rings. The van der Waals surface area contributed by atoms with Crippen molar-refractivity contribution in [2.24, 2.45) is 5.73 Å². The van der Waals surface area contributed by atoms with E-state index >= 15 is 0 Å². The van der Waals surface area contributed by atoms with Crippen LogP contribution in [0.4, 0.5) is 0 Å². The molecule has 2 N–H and O–H groups in total. The fourth-order valence-corrected chi connectivity index (χ4v) is 4.07. The van der Waals surface area contributed by atoms with Crippen LogP contribution in [0.3, 0.4) is 0 Å². The van der Waals surface area contributed by atoms with Crippen molar-refractivity contribution in [1.29, 1.82) is 5.26 Å². The molecule has 24 heavy (non-hydrogen) atoms. The summed E-state index contributed by atoms with van der Waals surface area (Å²) in [5.74, 6) is 0.770. The van der Waals surface area contributed by atoms with Crippen LogP contribution in [0, 0.1) is 11.3 Å². The first-order valence-corrected chi connectivity index (χ1v) is 8.52. The van der Waals surface area contributed by atoms with Crippen molar-refractivity contribution in [3.8, 4) is 11.8 Å². The van der Waals surface area contributed by atoms with E-state index in [4.69, 9.17) is 19.6 Å². The van der Waals surface area contributed by atoms with Gasteiger partial charge in [-0.25, -0.2) is 4.79 Å². The van der Waals surface area contributed by atoms with Gasteiger partial charge in [0.15, 0.2) is 0 Å². The number of nitriles is 1. The molecule has 6 nitrogen and oxygen atoms in total. The Balaban J connectivity index is 1.91. The first-order chi connectivity index (χ1) is 11.6. The molecule has 0 radical (unpaired) electrons. The van der Waals surface area contributed by atoms with Crippen LogP contribution in [-0.2, 0) is 17.6 Å². The molecule has 1 fully saturated rings. The summed E-state index contributed by atoms with van der Waals surface area (Å²) in [7, 11) is 0. The molecule has 3 heterocycles. The van der Waals surface area contributed by atoms with E-state index in [0.717, 1.165) is 44.1 Å². The van der Waals surface area contributed by atoms with Crippen molar-refractivity contribution in [3.63, 3.8) is 0 Å². The van der Waals surface area contributed by atoms with Crippen LogP contribution in [-0.4, -0.2) is 12.2 Å². The van der Waals surface area contributed by atoms with Gasteiger partial charge in [-0.05, 0) is 39.0 Å². The summed E-state index contributed by atoms with van der Waals surface area (Å²) >= 11 is 0. The third-order valence-electron chi connectivity index (χ3n) is 5.23. The molecule has 0 saturated carbocycles. The van der Waals surface area contributed by atoms with Crippen molar-refractivity contribution in [3.05, 3.63) is 38.8 Å². The van der Waals surface area contributed by atoms with Gasteiger partial charge in [-0.15, -0.1) is 0 Å². The third-order valence-corrected chi connectivity index (χ3v) is 5.23. The summed E-state index contributed by atoms with van der Waals surface area (Å²) in [6.07, 6.45) is 5.07. The van der Waals surface area contributed by atoms with Crippen LogP contribution < -0.4 is 16.1 Å². The SMILES string of the molecule is CC1CCC(C2C(C#N)=C(N)Oc3c4c(oc(=O)c32)CCCC4)O1. The van der Waals surface area contributed by atoms with Crippen molar-refractivity contribution >= 4 is 0 Å². The molecule has 6 heteroatoms. The molecule has 3 atom stereocenters. The Morgan fingerprint density at radius 3 is 2.75 bits per heavy atom. The first-order valence-electron chi connectivity index (χ1n) is 8.52. The van der Waals surface area contributed by atoms with E-state index < -0.39 is 11.5 Å². The van der Waals surface area contributed by atoms with Crippen LogP contribution in [0.2, 0.25) is 0 Å². The van der Waals surface area contributed by atoms with E-state index in [1.165, 1.54) is 0 Å². The predicted molar refractivity (Wildman–Crippen MR) is 85.4 cm³/mol. The Hall–Kier alpha value is -2.26. The maximum atomic E-state index is 12.7. The summed E-state index contributed by atoms with van der Waals surface area (Å²) in [6.45, 7) is 1.99. The van der Waals surface area contributed by atoms with Crippen LogP contribution in [0.15, 0.2) is 20.7 Å². The van der Waals surface area contributed by atoms with Gasteiger partial charge in [-0.3, -0.25) is 0 Å². The molecule has 0 spiro atoms. The summed E-state index contributed by atoms with van der Waals surface area (Å²) in [5.41, 5.74) is 7.19. The van der Waals surface area contributed by atoms with E-state index in [1.54, 1.807) is 0 Å². The van der Waals surface area contributed by atoms with Crippen molar-refractivity contribution < 1.29 is 13.9 Å². The standard InChI is InChI=1S/C18H20N2O4/c1-9-6-7-13(22-9)14-11(8-19)17(20)24-16-10-4-2-3-5-12(10)23-18(21)15(14)16/h9,13-14H,2-7,20H2,1H3. The van der Waals surface area contributed by atoms with Gasteiger partial charge in [0.1, 0.15) is 17.6 Å². The maximum Gasteiger partial charge on any atom is 0.343 e. The number of hydrogen-bond acceptors (Lipinski definition) is 6. The van der Waals surface area contributed by atoms with Gasteiger partial charge < -0.3 is 19.6 Å². The van der Waals surface area contributed by atoms with Crippen LogP contribution in [0.5, 0.6) is 5.75 Å². The average Bonchev–Trinajstić information content (AvgIpc) is 3.00. The molecular weight excluding hydrogens is 308 g/mol. The molecule has 1 aromatic heterocycles. The Morgan fingerprint density at radius 2 is 2.04 bits per heavy atom. The zero-order valence-corrected chi connectivity index (χ0v) is 13.6. The molecule has 2 aliphatic heterocycles. The lowest BCUT2D eigenvalue weighted by Crippen LogP contribution is -2.33. The maximum absolute atomic E-state index is 12.7. The topological polar surface area (TPSA) is 98.5 Å². The lowest BCUT2D eigenvalue weighted by Gasteiger charge is -2.31. The highest BCUT2D eigenvalue weighted by Gasteiger charge is 2.43. The molecule has 4 rings (SSSR count). The van der Waals surface area contributed by atoms with Gasteiger partial charge in [-0.1, -0.05) is 0 Å². The highest BCUT2D eigenvalue weighted by atomic mass is 16.5. The van der Waals surface area contributed by atoms with Crippen molar-refractivity contribution in [2.45, 2.75) is 63.6 Å². The molecule has 3 unspecified atom stereocenters. The Bertz CT molecular complexity index is 818. The zero-order chi connectivity index (χ0) is 16.8. The number of rotatable bonds is 1. The second-order valence-corrected chi connectivity index (χ2v) is 6.77. The molecule has 1 aliphatic carbocycles. The van der Waals surface area contributed by atoms with E-state index in [0.29, 0.717) is 17.1 Å². The first kappa shape index (κ1) is 15.3. The zero-order valence-electron chi connectivity index (χ0n) is 13.6. The smallest absolute Gasteiger partial charge is 0.343 e. The van der Waals surface area contributed by atoms with Gasteiger partial charge in [0, 0.05) is 12.0 Å². The lowest BCUT2D eigenvalue weighted by atomic mass is 9.82. The van der Waals surface area contributed by atoms with E-state index in [-0.39, 0.29) is 23.7 Å². The number of ether oxygens (including phenoxy) is 2. The molecular formula is C18H20N2O4. The second-order valence-electron chi connectivity index (χ2n) is 6.77. The molecule has 3 aliphatic rings. The summed E-state index contributed by atoms with van der Waals surface area (Å²) in [6, 6.07) is 2.11. The summed E-state index contributed by atoms with van der Waals surface area (Å²) < 4.78 is 17.3. The second kappa shape index (κ2) is 5.67. The van der Waals surface area contributed by atoms with Crippen LogP contribution in [0.1, 0.15) is 55.4 Å². The highest BCUT2D eigenvalue weighted by Crippen LogP contribution is 2.45. The Labute approximate surface area is 139 Å². The molecule has 0 aromatic carbocycles. The van der Waals surface area contributed by atoms with Gasteiger partial charge in [0.2, 0.25) is 5.88 Å². The Kier molecular flexibility index (Phi) is 3.61. The van der Waals surface area contributed by atoms with Gasteiger partial charge >= 0.3 is 5.63 Å². The van der Waals surface area contributed by atoms with Crippen LogP contribution in [0.25, 0.3) is 0 Å². The van der Waals surface area contributed by atoms with Gasteiger partial charge in [0.25, 0.3) is 0 Å². The Morgan fingerprint density at radius 1 is 1.25 bits per heavy atom. The fourth-order valence-electron chi connectivity index (χ4n) is 4.07. The highest BCUT2D eigenvalue weighted by molar-refractivity contribution is 5.54. The number of aryl methyl sites for hydroxylation is 1. The number of nitrogens with two attached hydrogens (primary N) is 1. The third kappa shape index (κ3) is 2.23. The fraction of sp³-hybridized carbons (Fsp3) is 0.556. The molecule has 126 valence electrons. The van der Waals surface area contributed by atoms with E-state index in [1.807, 2.05) is 6.92 Å². The predicted octanol–water partition coefficient (Wildman–Crippen LogP) is 2.26. The van der Waals surface area contributed by atoms with Crippen LogP contribution >= 0.6 is 0 Å². The average molecular weight is 328 g/mol. The number of fused-ring (bicyclic) bond motifs is 3. The van der Waals surface area contributed by atoms with Crippen molar-refractivity contribution in [2.75, 3.05) is 0 Å². The number of nitrogens with zero attached hydrogens (tertiary/aromatic N) is 1. The normalized spacial score (nSPS) is 28.8. The van der Waals surface area contributed by atoms with E-state index in [2.05, 4.69) is 6.07 Å². The molecule has 0 bridgehead atoms. The summed E-state index contributed by atoms with van der Waals surface area (Å²) in [4.78, 5) is 12.7. The monoisotopic (exact) mass is 328 g/mol.